The molecular weight excluding hydrogens is 278 g/mol. The zero-order chi connectivity index (χ0) is 15.9. The SMILES string of the molecule is CC(=O)c1ccc2c(c1)oc(=O)n2Cc1ccc(C)cc1C. The summed E-state index contributed by atoms with van der Waals surface area (Å²) < 4.78 is 6.88. The summed E-state index contributed by atoms with van der Waals surface area (Å²) in [6, 6.07) is 11.3. The van der Waals surface area contributed by atoms with E-state index in [9.17, 15) is 9.59 Å². The fourth-order valence-corrected chi connectivity index (χ4v) is 2.63. The number of aryl methyl sites for hydroxylation is 2. The summed E-state index contributed by atoms with van der Waals surface area (Å²) in [5, 5.41) is 0. The van der Waals surface area contributed by atoms with E-state index in [-0.39, 0.29) is 5.78 Å². The smallest absolute Gasteiger partial charge is 0.408 e. The summed E-state index contributed by atoms with van der Waals surface area (Å²) in [6.45, 7) is 6.02. The Balaban J connectivity index is 2.09. The molecule has 3 rings (SSSR count). The van der Waals surface area contributed by atoms with Crippen LogP contribution in [0, 0.1) is 13.8 Å². The molecule has 0 bridgehead atoms. The van der Waals surface area contributed by atoms with Crippen molar-refractivity contribution in [3.8, 4) is 0 Å². The molecule has 22 heavy (non-hydrogen) atoms. The molecule has 112 valence electrons. The Kier molecular flexibility index (Phi) is 3.45. The zero-order valence-corrected chi connectivity index (χ0v) is 12.8. The van der Waals surface area contributed by atoms with E-state index in [1.54, 1.807) is 22.8 Å². The van der Waals surface area contributed by atoms with Gasteiger partial charge in [-0.25, -0.2) is 4.79 Å². The normalized spacial score (nSPS) is 11.0. The standard InChI is InChI=1S/C18H17NO3/c1-11-4-5-15(12(2)8-11)10-19-16-7-6-14(13(3)20)9-17(16)22-18(19)21/h4-9H,10H2,1-3H3. The van der Waals surface area contributed by atoms with Crippen LogP contribution in [-0.4, -0.2) is 10.4 Å². The minimum atomic E-state index is -0.407. The molecule has 0 aliphatic carbocycles. The van der Waals surface area contributed by atoms with Gasteiger partial charge in [0.1, 0.15) is 0 Å². The Hall–Kier alpha value is -2.62. The minimum Gasteiger partial charge on any atom is -0.408 e. The van der Waals surface area contributed by atoms with Crippen LogP contribution in [0.15, 0.2) is 45.6 Å². The minimum absolute atomic E-state index is 0.0494. The first-order chi connectivity index (χ1) is 10.5. The van der Waals surface area contributed by atoms with Crippen molar-refractivity contribution in [1.82, 2.24) is 4.57 Å². The summed E-state index contributed by atoms with van der Waals surface area (Å²) >= 11 is 0. The van der Waals surface area contributed by atoms with Crippen molar-refractivity contribution in [2.24, 2.45) is 0 Å². The molecule has 0 fully saturated rings. The molecule has 3 aromatic rings. The van der Waals surface area contributed by atoms with Crippen LogP contribution < -0.4 is 5.76 Å². The third-order valence-corrected chi connectivity index (χ3v) is 3.90. The van der Waals surface area contributed by atoms with Crippen LogP contribution in [0.2, 0.25) is 0 Å². The molecule has 1 aromatic heterocycles. The number of hydrogen-bond acceptors (Lipinski definition) is 3. The van der Waals surface area contributed by atoms with Crippen LogP contribution >= 0.6 is 0 Å². The molecule has 0 atom stereocenters. The molecule has 0 saturated carbocycles. The number of aromatic nitrogens is 1. The first kappa shape index (κ1) is 14.3. The Bertz CT molecular complexity index is 931. The highest BCUT2D eigenvalue weighted by molar-refractivity contribution is 5.96. The number of benzene rings is 2. The number of carbonyl (C=O) groups is 1. The highest BCUT2D eigenvalue weighted by Gasteiger charge is 2.12. The van der Waals surface area contributed by atoms with Gasteiger partial charge in [-0.05, 0) is 50.1 Å². The number of rotatable bonds is 3. The van der Waals surface area contributed by atoms with Gasteiger partial charge in [0.25, 0.3) is 0 Å². The number of hydrogen-bond donors (Lipinski definition) is 0. The van der Waals surface area contributed by atoms with Gasteiger partial charge in [-0.2, -0.15) is 0 Å². The monoisotopic (exact) mass is 295 g/mol. The average Bonchev–Trinajstić information content (AvgIpc) is 2.77. The molecular formula is C18H17NO3. The maximum absolute atomic E-state index is 12.1. The van der Waals surface area contributed by atoms with Crippen LogP contribution in [-0.2, 0) is 6.54 Å². The fourth-order valence-electron chi connectivity index (χ4n) is 2.63. The van der Waals surface area contributed by atoms with E-state index in [1.807, 2.05) is 26.0 Å². The highest BCUT2D eigenvalue weighted by Crippen LogP contribution is 2.18. The van der Waals surface area contributed by atoms with Crippen LogP contribution in [0.5, 0.6) is 0 Å². The lowest BCUT2D eigenvalue weighted by Gasteiger charge is -2.07. The molecule has 1 heterocycles. The summed E-state index contributed by atoms with van der Waals surface area (Å²) in [4.78, 5) is 23.5. The maximum Gasteiger partial charge on any atom is 0.420 e. The van der Waals surface area contributed by atoms with Crippen molar-refractivity contribution < 1.29 is 9.21 Å². The lowest BCUT2D eigenvalue weighted by atomic mass is 10.1. The van der Waals surface area contributed by atoms with Crippen LogP contribution in [0.25, 0.3) is 11.1 Å². The third-order valence-electron chi connectivity index (χ3n) is 3.90. The number of carbonyl (C=O) groups excluding carboxylic acids is 1. The van der Waals surface area contributed by atoms with Crippen molar-refractivity contribution in [3.63, 3.8) is 0 Å². The van der Waals surface area contributed by atoms with Gasteiger partial charge in [0.15, 0.2) is 11.4 Å². The van der Waals surface area contributed by atoms with Gasteiger partial charge in [-0.3, -0.25) is 9.36 Å². The number of ketones is 1. The van der Waals surface area contributed by atoms with Crippen molar-refractivity contribution in [1.29, 1.82) is 0 Å². The molecule has 0 amide bonds. The fraction of sp³-hybridized carbons (Fsp3) is 0.222. The highest BCUT2D eigenvalue weighted by atomic mass is 16.4. The lowest BCUT2D eigenvalue weighted by Crippen LogP contribution is -2.15. The number of fused-ring (bicyclic) bond motifs is 1. The first-order valence-electron chi connectivity index (χ1n) is 7.16. The molecule has 0 spiro atoms. The van der Waals surface area contributed by atoms with Gasteiger partial charge in [0.05, 0.1) is 12.1 Å². The molecule has 0 aliphatic heterocycles. The predicted octanol–water partition coefficient (Wildman–Crippen LogP) is 3.46. The van der Waals surface area contributed by atoms with Gasteiger partial charge in [0.2, 0.25) is 0 Å². The topological polar surface area (TPSA) is 52.2 Å². The molecule has 0 aliphatic rings. The van der Waals surface area contributed by atoms with E-state index >= 15 is 0 Å². The van der Waals surface area contributed by atoms with E-state index < -0.39 is 5.76 Å². The van der Waals surface area contributed by atoms with Crippen molar-refractivity contribution >= 4 is 16.9 Å². The lowest BCUT2D eigenvalue weighted by molar-refractivity contribution is 0.101. The van der Waals surface area contributed by atoms with Crippen LogP contribution in [0.1, 0.15) is 34.0 Å². The van der Waals surface area contributed by atoms with E-state index in [2.05, 4.69) is 6.07 Å². The Morgan fingerprint density at radius 1 is 1.14 bits per heavy atom. The predicted molar refractivity (Wildman–Crippen MR) is 85.5 cm³/mol. The van der Waals surface area contributed by atoms with E-state index in [1.165, 1.54) is 12.5 Å². The van der Waals surface area contributed by atoms with Crippen molar-refractivity contribution in [2.75, 3.05) is 0 Å². The Morgan fingerprint density at radius 3 is 2.59 bits per heavy atom. The van der Waals surface area contributed by atoms with Gasteiger partial charge in [0, 0.05) is 5.56 Å². The maximum atomic E-state index is 12.1. The molecule has 0 saturated heterocycles. The summed E-state index contributed by atoms with van der Waals surface area (Å²) in [5.41, 5.74) is 5.10. The van der Waals surface area contributed by atoms with Crippen molar-refractivity contribution in [3.05, 3.63) is 69.2 Å². The first-order valence-corrected chi connectivity index (χ1v) is 7.16. The van der Waals surface area contributed by atoms with E-state index in [4.69, 9.17) is 4.42 Å². The summed E-state index contributed by atoms with van der Waals surface area (Å²) in [6.07, 6.45) is 0. The van der Waals surface area contributed by atoms with Crippen LogP contribution in [0.4, 0.5) is 0 Å². The van der Waals surface area contributed by atoms with Gasteiger partial charge in [-0.1, -0.05) is 23.8 Å². The molecule has 2 aromatic carbocycles. The van der Waals surface area contributed by atoms with Crippen molar-refractivity contribution in [2.45, 2.75) is 27.3 Å². The van der Waals surface area contributed by atoms with E-state index in [0.717, 1.165) is 11.1 Å². The Labute approximate surface area is 128 Å². The van der Waals surface area contributed by atoms with Crippen LogP contribution in [0.3, 0.4) is 0 Å². The van der Waals surface area contributed by atoms with E-state index in [0.29, 0.717) is 23.2 Å². The Morgan fingerprint density at radius 2 is 1.91 bits per heavy atom. The second-order valence-electron chi connectivity index (χ2n) is 5.62. The van der Waals surface area contributed by atoms with Gasteiger partial charge < -0.3 is 4.42 Å². The number of nitrogens with zero attached hydrogens (tertiary/aromatic N) is 1. The zero-order valence-electron chi connectivity index (χ0n) is 12.8. The summed E-state index contributed by atoms with van der Waals surface area (Å²) in [7, 11) is 0. The van der Waals surface area contributed by atoms with Gasteiger partial charge in [-0.15, -0.1) is 0 Å². The quantitative estimate of drug-likeness (QED) is 0.695. The second-order valence-corrected chi connectivity index (χ2v) is 5.62. The molecule has 0 radical (unpaired) electrons. The summed E-state index contributed by atoms with van der Waals surface area (Å²) in [5.74, 6) is -0.456. The van der Waals surface area contributed by atoms with Gasteiger partial charge >= 0.3 is 5.76 Å². The molecule has 4 nitrogen and oxygen atoms in total. The largest absolute Gasteiger partial charge is 0.420 e. The average molecular weight is 295 g/mol. The second kappa shape index (κ2) is 5.30. The molecule has 0 N–H and O–H groups in total. The molecule has 4 heteroatoms. The third kappa shape index (κ3) is 2.48. The number of Topliss-reactive ketones (excluding diaryl/α,β-unsaturated/α-hetero) is 1. The molecule has 0 unspecified atom stereocenters. The number of oxazole rings is 1.